The Kier molecular flexibility index (Phi) is 2.77. The van der Waals surface area contributed by atoms with E-state index in [1.54, 1.807) is 0 Å². The lowest BCUT2D eigenvalue weighted by atomic mass is 10.0. The molecule has 2 aliphatic rings. The smallest absolute Gasteiger partial charge is 0.341 e. The molecule has 2 fully saturated rings. The highest BCUT2D eigenvalue weighted by Crippen LogP contribution is 2.47. The number of carbonyl (C=O) groups excluding carboxylic acids is 1. The van der Waals surface area contributed by atoms with Crippen molar-refractivity contribution < 1.29 is 14.3 Å². The number of carbonyl (C=O) groups is 1. The van der Waals surface area contributed by atoms with E-state index >= 15 is 0 Å². The maximum absolute atomic E-state index is 11.7. The maximum Gasteiger partial charge on any atom is 0.341 e. The minimum Gasteiger partial charge on any atom is -0.463 e. The van der Waals surface area contributed by atoms with Crippen molar-refractivity contribution in [3.05, 3.63) is 0 Å². The molecule has 0 bridgehead atoms. The topological polar surface area (TPSA) is 38.8 Å². The Hall–Kier alpha value is -0.570. The lowest BCUT2D eigenvalue weighted by Gasteiger charge is -2.10. The average Bonchev–Trinajstić information content (AvgIpc) is 2.88. The van der Waals surface area contributed by atoms with Crippen molar-refractivity contribution in [1.82, 2.24) is 0 Å². The van der Waals surface area contributed by atoms with Crippen molar-refractivity contribution in [1.29, 1.82) is 0 Å². The van der Waals surface area contributed by atoms with Gasteiger partial charge in [0, 0.05) is 0 Å². The summed E-state index contributed by atoms with van der Waals surface area (Å²) in [6.45, 7) is 2.53. The molecule has 0 aromatic carbocycles. The molecule has 1 heterocycles. The zero-order chi connectivity index (χ0) is 10.0. The van der Waals surface area contributed by atoms with Gasteiger partial charge in [-0.3, -0.25) is 0 Å². The molecule has 80 valence electrons. The van der Waals surface area contributed by atoms with Crippen LogP contribution >= 0.6 is 0 Å². The fraction of sp³-hybridized carbons (Fsp3) is 0.909. The zero-order valence-electron chi connectivity index (χ0n) is 8.75. The van der Waals surface area contributed by atoms with Crippen LogP contribution < -0.4 is 0 Å². The molecule has 1 aliphatic heterocycles. The van der Waals surface area contributed by atoms with Crippen LogP contribution in [0.25, 0.3) is 0 Å². The van der Waals surface area contributed by atoms with E-state index in [0.717, 1.165) is 25.7 Å². The fourth-order valence-corrected chi connectivity index (χ4v) is 2.22. The minimum atomic E-state index is -0.522. The first kappa shape index (κ1) is 9.97. The summed E-state index contributed by atoms with van der Waals surface area (Å²) >= 11 is 0. The second-order valence-electron chi connectivity index (χ2n) is 4.23. The lowest BCUT2D eigenvalue weighted by molar-refractivity contribution is -0.150. The van der Waals surface area contributed by atoms with Gasteiger partial charge < -0.3 is 9.47 Å². The second-order valence-corrected chi connectivity index (χ2v) is 4.23. The zero-order valence-corrected chi connectivity index (χ0v) is 8.75. The van der Waals surface area contributed by atoms with E-state index in [0.29, 0.717) is 6.61 Å². The van der Waals surface area contributed by atoms with E-state index in [1.165, 1.54) is 12.8 Å². The van der Waals surface area contributed by atoms with Crippen molar-refractivity contribution >= 4 is 5.97 Å². The Morgan fingerprint density at radius 2 is 2.36 bits per heavy atom. The van der Waals surface area contributed by atoms with Crippen LogP contribution in [0.5, 0.6) is 0 Å². The van der Waals surface area contributed by atoms with Gasteiger partial charge in [-0.2, -0.15) is 0 Å². The van der Waals surface area contributed by atoms with Gasteiger partial charge in [-0.1, -0.05) is 19.8 Å². The minimum absolute atomic E-state index is 0.119. The summed E-state index contributed by atoms with van der Waals surface area (Å²) in [7, 11) is 0. The summed E-state index contributed by atoms with van der Waals surface area (Å²) in [5.74, 6) is -0.119. The third-order valence-electron chi connectivity index (χ3n) is 3.11. The van der Waals surface area contributed by atoms with Gasteiger partial charge in [0.15, 0.2) is 5.60 Å². The standard InChI is InChI=1S/C11H18O3/c1-2-8-13-10(12)11-7-5-3-4-6-9(11)14-11/h9H,2-8H2,1H3. The Labute approximate surface area is 84.8 Å². The third kappa shape index (κ3) is 1.65. The lowest BCUT2D eigenvalue weighted by Crippen LogP contribution is -2.29. The van der Waals surface area contributed by atoms with Gasteiger partial charge >= 0.3 is 5.97 Å². The molecule has 1 saturated carbocycles. The normalized spacial score (nSPS) is 35.6. The summed E-state index contributed by atoms with van der Waals surface area (Å²) in [5, 5.41) is 0. The van der Waals surface area contributed by atoms with E-state index in [1.807, 2.05) is 6.92 Å². The van der Waals surface area contributed by atoms with Crippen LogP contribution in [0.2, 0.25) is 0 Å². The molecule has 0 radical (unpaired) electrons. The van der Waals surface area contributed by atoms with Crippen LogP contribution in [0, 0.1) is 0 Å². The molecule has 0 aromatic heterocycles. The highest BCUT2D eigenvalue weighted by molar-refractivity contribution is 5.83. The average molecular weight is 198 g/mol. The maximum atomic E-state index is 11.7. The molecular formula is C11H18O3. The molecule has 2 rings (SSSR count). The Balaban J connectivity index is 1.92. The number of epoxide rings is 1. The van der Waals surface area contributed by atoms with E-state index in [2.05, 4.69) is 0 Å². The van der Waals surface area contributed by atoms with Crippen LogP contribution in [0.4, 0.5) is 0 Å². The Morgan fingerprint density at radius 1 is 1.50 bits per heavy atom. The molecule has 0 aromatic rings. The molecular weight excluding hydrogens is 180 g/mol. The van der Waals surface area contributed by atoms with Gasteiger partial charge in [-0.15, -0.1) is 0 Å². The molecule has 14 heavy (non-hydrogen) atoms. The molecule has 2 atom stereocenters. The first-order valence-electron chi connectivity index (χ1n) is 5.64. The highest BCUT2D eigenvalue weighted by atomic mass is 16.7. The van der Waals surface area contributed by atoms with Gasteiger partial charge in [0.2, 0.25) is 0 Å². The quantitative estimate of drug-likeness (QED) is 0.514. The van der Waals surface area contributed by atoms with Gasteiger partial charge in [0.05, 0.1) is 12.7 Å². The Morgan fingerprint density at radius 3 is 3.14 bits per heavy atom. The first-order chi connectivity index (χ1) is 6.79. The molecule has 0 amide bonds. The van der Waals surface area contributed by atoms with Crippen molar-refractivity contribution in [3.8, 4) is 0 Å². The predicted molar refractivity (Wildman–Crippen MR) is 51.9 cm³/mol. The predicted octanol–water partition coefficient (Wildman–Crippen LogP) is 2.04. The molecule has 0 spiro atoms. The summed E-state index contributed by atoms with van der Waals surface area (Å²) < 4.78 is 10.7. The number of esters is 1. The Bertz CT molecular complexity index is 227. The van der Waals surface area contributed by atoms with E-state index in [-0.39, 0.29) is 12.1 Å². The van der Waals surface area contributed by atoms with Crippen LogP contribution in [-0.4, -0.2) is 24.3 Å². The second kappa shape index (κ2) is 3.89. The molecule has 2 unspecified atom stereocenters. The number of hydrogen-bond acceptors (Lipinski definition) is 3. The van der Waals surface area contributed by atoms with Gasteiger partial charge in [0.1, 0.15) is 0 Å². The fourth-order valence-electron chi connectivity index (χ4n) is 2.22. The van der Waals surface area contributed by atoms with Gasteiger partial charge in [0.25, 0.3) is 0 Å². The van der Waals surface area contributed by atoms with Crippen molar-refractivity contribution in [2.24, 2.45) is 0 Å². The highest BCUT2D eigenvalue weighted by Gasteiger charge is 2.63. The molecule has 0 N–H and O–H groups in total. The third-order valence-corrected chi connectivity index (χ3v) is 3.11. The summed E-state index contributed by atoms with van der Waals surface area (Å²) in [5.41, 5.74) is -0.522. The van der Waals surface area contributed by atoms with Crippen molar-refractivity contribution in [3.63, 3.8) is 0 Å². The summed E-state index contributed by atoms with van der Waals surface area (Å²) in [4.78, 5) is 11.7. The van der Waals surface area contributed by atoms with E-state index < -0.39 is 5.60 Å². The van der Waals surface area contributed by atoms with Crippen LogP contribution in [-0.2, 0) is 14.3 Å². The van der Waals surface area contributed by atoms with E-state index in [9.17, 15) is 4.79 Å². The van der Waals surface area contributed by atoms with E-state index in [4.69, 9.17) is 9.47 Å². The molecule has 1 saturated heterocycles. The SMILES string of the molecule is CCCOC(=O)C12CCCCCC1O2. The van der Waals surface area contributed by atoms with Crippen molar-refractivity contribution in [2.75, 3.05) is 6.61 Å². The monoisotopic (exact) mass is 198 g/mol. The summed E-state index contributed by atoms with van der Waals surface area (Å²) in [6.07, 6.45) is 6.44. The molecule has 1 aliphatic carbocycles. The number of ether oxygens (including phenoxy) is 2. The largest absolute Gasteiger partial charge is 0.463 e. The number of fused-ring (bicyclic) bond motifs is 1. The summed E-state index contributed by atoms with van der Waals surface area (Å²) in [6, 6.07) is 0. The van der Waals surface area contributed by atoms with Gasteiger partial charge in [-0.05, 0) is 25.7 Å². The number of rotatable bonds is 3. The molecule has 3 heteroatoms. The van der Waals surface area contributed by atoms with Crippen LogP contribution in [0.3, 0.4) is 0 Å². The van der Waals surface area contributed by atoms with Gasteiger partial charge in [-0.25, -0.2) is 4.79 Å². The first-order valence-corrected chi connectivity index (χ1v) is 5.64. The van der Waals surface area contributed by atoms with Crippen LogP contribution in [0.1, 0.15) is 45.4 Å². The van der Waals surface area contributed by atoms with Crippen molar-refractivity contribution in [2.45, 2.75) is 57.2 Å². The number of hydrogen-bond donors (Lipinski definition) is 0. The molecule has 3 nitrogen and oxygen atoms in total. The van der Waals surface area contributed by atoms with Crippen LogP contribution in [0.15, 0.2) is 0 Å².